The average molecular weight is 227 g/mol. The molecule has 16 heavy (non-hydrogen) atoms. The molecule has 92 valence electrons. The van der Waals surface area contributed by atoms with E-state index in [2.05, 4.69) is 20.8 Å². The summed E-state index contributed by atoms with van der Waals surface area (Å²) in [7, 11) is 0. The fraction of sp³-hybridized carbons (Fsp3) is 0.833. The molecule has 1 saturated heterocycles. The van der Waals surface area contributed by atoms with Gasteiger partial charge in [-0.05, 0) is 24.2 Å². The zero-order chi connectivity index (χ0) is 12.5. The molecule has 0 saturated carbocycles. The Morgan fingerprint density at radius 3 is 2.19 bits per heavy atom. The van der Waals surface area contributed by atoms with Crippen molar-refractivity contribution in [3.63, 3.8) is 0 Å². The number of aliphatic carboxylic acids is 1. The number of hydrogen-bond donors (Lipinski definition) is 1. The maximum absolute atomic E-state index is 11.4. The highest BCUT2D eigenvalue weighted by Gasteiger charge is 2.38. The number of rotatable bonds is 1. The van der Waals surface area contributed by atoms with Crippen molar-refractivity contribution in [3.05, 3.63) is 0 Å². The van der Waals surface area contributed by atoms with E-state index in [1.54, 1.807) is 0 Å². The molecule has 1 aliphatic rings. The minimum absolute atomic E-state index is 0.122. The molecule has 1 N–H and O–H groups in total. The normalized spacial score (nSPS) is 26.6. The second-order valence-corrected chi connectivity index (χ2v) is 5.67. The van der Waals surface area contributed by atoms with E-state index in [1.807, 2.05) is 0 Å². The Bertz CT molecular complexity index is 293. The fourth-order valence-corrected chi connectivity index (χ4v) is 2.28. The summed E-state index contributed by atoms with van der Waals surface area (Å²) >= 11 is 0. The van der Waals surface area contributed by atoms with E-state index in [-0.39, 0.29) is 11.3 Å². The van der Waals surface area contributed by atoms with Crippen LogP contribution in [0.2, 0.25) is 0 Å². The number of carbonyl (C=O) groups is 2. The van der Waals surface area contributed by atoms with Gasteiger partial charge in [-0.2, -0.15) is 0 Å². The van der Waals surface area contributed by atoms with Crippen molar-refractivity contribution in [2.75, 3.05) is 6.54 Å². The number of nitrogens with zero attached hydrogens (tertiary/aromatic N) is 1. The molecule has 4 nitrogen and oxygen atoms in total. The molecular formula is C12H21NO3. The summed E-state index contributed by atoms with van der Waals surface area (Å²) in [6.07, 6.45) is 1.45. The highest BCUT2D eigenvalue weighted by atomic mass is 16.4. The molecule has 1 amide bonds. The Balaban J connectivity index is 2.81. The van der Waals surface area contributed by atoms with Gasteiger partial charge in [0.1, 0.15) is 6.04 Å². The van der Waals surface area contributed by atoms with Gasteiger partial charge < -0.3 is 10.0 Å². The number of amides is 1. The Morgan fingerprint density at radius 1 is 1.25 bits per heavy atom. The summed E-state index contributed by atoms with van der Waals surface area (Å²) < 4.78 is 0. The Kier molecular flexibility index (Phi) is 3.61. The average Bonchev–Trinajstić information content (AvgIpc) is 2.15. The van der Waals surface area contributed by atoms with E-state index in [0.717, 1.165) is 6.42 Å². The number of carbonyl (C=O) groups excluding carboxylic acids is 1. The largest absolute Gasteiger partial charge is 0.480 e. The molecule has 0 aromatic rings. The van der Waals surface area contributed by atoms with Crippen LogP contribution in [0.1, 0.15) is 40.5 Å². The maximum Gasteiger partial charge on any atom is 0.326 e. The van der Waals surface area contributed by atoms with Crippen molar-refractivity contribution < 1.29 is 14.7 Å². The van der Waals surface area contributed by atoms with Crippen molar-refractivity contribution in [2.45, 2.75) is 46.6 Å². The number of piperidine rings is 1. The van der Waals surface area contributed by atoms with Gasteiger partial charge in [0.2, 0.25) is 5.91 Å². The van der Waals surface area contributed by atoms with Gasteiger partial charge in [0, 0.05) is 13.5 Å². The molecule has 0 aliphatic carbocycles. The monoisotopic (exact) mass is 227 g/mol. The molecule has 0 bridgehead atoms. The van der Waals surface area contributed by atoms with Gasteiger partial charge in [0.15, 0.2) is 0 Å². The smallest absolute Gasteiger partial charge is 0.326 e. The van der Waals surface area contributed by atoms with E-state index < -0.39 is 12.0 Å². The summed E-state index contributed by atoms with van der Waals surface area (Å²) in [6, 6.07) is -0.629. The topological polar surface area (TPSA) is 57.6 Å². The molecule has 1 rings (SSSR count). The first-order valence-corrected chi connectivity index (χ1v) is 5.73. The standard InChI is InChI=1S/C12H21NO3/c1-8(14)13-7-9(12(2,3)4)5-6-10(13)11(15)16/h9-10H,5-7H2,1-4H3,(H,15,16)/t9-,10-/m1/s1. The number of carboxylic acids is 1. The number of likely N-dealkylation sites (tertiary alicyclic amines) is 1. The van der Waals surface area contributed by atoms with E-state index in [9.17, 15) is 9.59 Å². The lowest BCUT2D eigenvalue weighted by Crippen LogP contribution is -2.52. The van der Waals surface area contributed by atoms with Gasteiger partial charge in [-0.25, -0.2) is 4.79 Å². The molecule has 4 heteroatoms. The van der Waals surface area contributed by atoms with Crippen molar-refractivity contribution in [1.29, 1.82) is 0 Å². The van der Waals surface area contributed by atoms with Gasteiger partial charge in [-0.3, -0.25) is 4.79 Å². The Morgan fingerprint density at radius 2 is 1.81 bits per heavy atom. The van der Waals surface area contributed by atoms with E-state index in [0.29, 0.717) is 18.9 Å². The predicted octanol–water partition coefficient (Wildman–Crippen LogP) is 1.74. The summed E-state index contributed by atoms with van der Waals surface area (Å²) in [5.74, 6) is -0.643. The Labute approximate surface area is 96.6 Å². The van der Waals surface area contributed by atoms with Crippen LogP contribution in [0.4, 0.5) is 0 Å². The molecule has 1 fully saturated rings. The third-order valence-corrected chi connectivity index (χ3v) is 3.50. The molecule has 0 radical (unpaired) electrons. The maximum atomic E-state index is 11.4. The lowest BCUT2D eigenvalue weighted by atomic mass is 9.75. The van der Waals surface area contributed by atoms with E-state index >= 15 is 0 Å². The van der Waals surface area contributed by atoms with Gasteiger partial charge in [0.25, 0.3) is 0 Å². The zero-order valence-electron chi connectivity index (χ0n) is 10.5. The fourth-order valence-electron chi connectivity index (χ4n) is 2.28. The third kappa shape index (κ3) is 2.74. The zero-order valence-corrected chi connectivity index (χ0v) is 10.5. The molecular weight excluding hydrogens is 206 g/mol. The SMILES string of the molecule is CC(=O)N1C[C@H](C(C)(C)C)CC[C@@H]1C(=O)O. The predicted molar refractivity (Wildman–Crippen MR) is 61.0 cm³/mol. The molecule has 2 atom stereocenters. The van der Waals surface area contributed by atoms with Crippen LogP contribution in [0.15, 0.2) is 0 Å². The molecule has 0 spiro atoms. The third-order valence-electron chi connectivity index (χ3n) is 3.50. The molecule has 0 aromatic heterocycles. The van der Waals surface area contributed by atoms with E-state index in [1.165, 1.54) is 11.8 Å². The molecule has 0 aromatic carbocycles. The molecule has 0 unspecified atom stereocenters. The first-order chi connectivity index (χ1) is 7.23. The van der Waals surface area contributed by atoms with E-state index in [4.69, 9.17) is 5.11 Å². The van der Waals surface area contributed by atoms with Crippen LogP contribution in [0.3, 0.4) is 0 Å². The summed E-state index contributed by atoms with van der Waals surface area (Å²) in [4.78, 5) is 24.0. The minimum Gasteiger partial charge on any atom is -0.480 e. The lowest BCUT2D eigenvalue weighted by molar-refractivity contribution is -0.153. The molecule has 1 heterocycles. The van der Waals surface area contributed by atoms with Crippen LogP contribution in [-0.2, 0) is 9.59 Å². The first-order valence-electron chi connectivity index (χ1n) is 5.73. The Hall–Kier alpha value is -1.06. The van der Waals surface area contributed by atoms with Crippen molar-refractivity contribution in [1.82, 2.24) is 4.90 Å². The van der Waals surface area contributed by atoms with Gasteiger partial charge >= 0.3 is 5.97 Å². The van der Waals surface area contributed by atoms with Crippen LogP contribution in [0, 0.1) is 11.3 Å². The van der Waals surface area contributed by atoms with Crippen LogP contribution < -0.4 is 0 Å². The van der Waals surface area contributed by atoms with Gasteiger partial charge in [-0.15, -0.1) is 0 Å². The highest BCUT2D eigenvalue weighted by molar-refractivity contribution is 5.82. The quantitative estimate of drug-likeness (QED) is 0.742. The van der Waals surface area contributed by atoms with Crippen LogP contribution >= 0.6 is 0 Å². The van der Waals surface area contributed by atoms with Crippen molar-refractivity contribution in [3.8, 4) is 0 Å². The first kappa shape index (κ1) is 13.0. The second kappa shape index (κ2) is 4.44. The van der Waals surface area contributed by atoms with Gasteiger partial charge in [-0.1, -0.05) is 20.8 Å². The second-order valence-electron chi connectivity index (χ2n) is 5.67. The summed E-state index contributed by atoms with van der Waals surface area (Å²) in [5, 5.41) is 9.05. The minimum atomic E-state index is -0.887. The van der Waals surface area contributed by atoms with Crippen LogP contribution in [-0.4, -0.2) is 34.5 Å². The van der Waals surface area contributed by atoms with Crippen LogP contribution in [0.5, 0.6) is 0 Å². The molecule has 1 aliphatic heterocycles. The van der Waals surface area contributed by atoms with Gasteiger partial charge in [0.05, 0.1) is 0 Å². The van der Waals surface area contributed by atoms with Crippen molar-refractivity contribution >= 4 is 11.9 Å². The summed E-state index contributed by atoms with van der Waals surface area (Å²) in [6.45, 7) is 8.42. The van der Waals surface area contributed by atoms with Crippen LogP contribution in [0.25, 0.3) is 0 Å². The number of hydrogen-bond acceptors (Lipinski definition) is 2. The summed E-state index contributed by atoms with van der Waals surface area (Å²) in [5.41, 5.74) is 0.122. The highest BCUT2D eigenvalue weighted by Crippen LogP contribution is 2.35. The number of carboxylic acid groups (broad SMARTS) is 1. The van der Waals surface area contributed by atoms with Crippen molar-refractivity contribution in [2.24, 2.45) is 11.3 Å². The lowest BCUT2D eigenvalue weighted by Gasteiger charge is -2.42.